The van der Waals surface area contributed by atoms with E-state index < -0.39 is 17.9 Å². The average molecular weight is 261 g/mol. The third kappa shape index (κ3) is 5.08. The minimum absolute atomic E-state index is 0.275. The molecule has 0 aliphatic heterocycles. The Bertz CT molecular complexity index is 508. The van der Waals surface area contributed by atoms with Gasteiger partial charge in [-0.1, -0.05) is 13.0 Å². The predicted octanol–water partition coefficient (Wildman–Crippen LogP) is 1.79. The number of aliphatic carboxylic acids is 1. The number of rotatable bonds is 5. The molecule has 19 heavy (non-hydrogen) atoms. The van der Waals surface area contributed by atoms with Crippen molar-refractivity contribution in [3.05, 3.63) is 29.8 Å². The molecule has 0 bridgehead atoms. The summed E-state index contributed by atoms with van der Waals surface area (Å²) in [4.78, 5) is 22.1. The molecular weight excluding hydrogens is 246 g/mol. The number of carbonyl (C=O) groups is 2. The highest BCUT2D eigenvalue weighted by molar-refractivity contribution is 5.89. The minimum Gasteiger partial charge on any atom is -0.481 e. The molecule has 2 amide bonds. The molecule has 1 atom stereocenters. The molecule has 0 heterocycles. The Morgan fingerprint density at radius 3 is 2.84 bits per heavy atom. The fourth-order valence-electron chi connectivity index (χ4n) is 1.37. The molecule has 1 aromatic rings. The molecule has 1 unspecified atom stereocenters. The van der Waals surface area contributed by atoms with E-state index in [0.29, 0.717) is 17.7 Å². The third-order valence-corrected chi connectivity index (χ3v) is 2.53. The van der Waals surface area contributed by atoms with E-state index in [1.807, 2.05) is 6.07 Å². The van der Waals surface area contributed by atoms with Crippen LogP contribution in [0.25, 0.3) is 0 Å². The second-order valence-electron chi connectivity index (χ2n) is 4.10. The second kappa shape index (κ2) is 7.01. The van der Waals surface area contributed by atoms with Crippen LogP contribution in [0.5, 0.6) is 0 Å². The summed E-state index contributed by atoms with van der Waals surface area (Å²) in [7, 11) is 0. The molecule has 6 nitrogen and oxygen atoms in total. The zero-order valence-corrected chi connectivity index (χ0v) is 10.5. The number of nitriles is 1. The van der Waals surface area contributed by atoms with E-state index in [1.165, 1.54) is 0 Å². The number of nitrogens with one attached hydrogen (secondary N) is 2. The Hall–Kier alpha value is -2.55. The molecule has 0 fully saturated rings. The van der Waals surface area contributed by atoms with Crippen LogP contribution in [0.2, 0.25) is 0 Å². The summed E-state index contributed by atoms with van der Waals surface area (Å²) >= 11 is 0. The standard InChI is InChI=1S/C13H15N3O3/c1-9(12(17)18)5-6-15-13(19)16-11-4-2-3-10(7-11)8-14/h2-4,7,9H,5-6H2,1H3,(H,17,18)(H2,15,16,19). The predicted molar refractivity (Wildman–Crippen MR) is 69.6 cm³/mol. The first-order chi connectivity index (χ1) is 9.02. The van der Waals surface area contributed by atoms with Crippen LogP contribution in [0, 0.1) is 17.2 Å². The Balaban J connectivity index is 2.39. The zero-order chi connectivity index (χ0) is 14.3. The first-order valence-electron chi connectivity index (χ1n) is 5.80. The quantitative estimate of drug-likeness (QED) is 0.751. The minimum atomic E-state index is -0.885. The maximum atomic E-state index is 11.5. The van der Waals surface area contributed by atoms with Crippen LogP contribution in [-0.4, -0.2) is 23.7 Å². The van der Waals surface area contributed by atoms with E-state index in [4.69, 9.17) is 10.4 Å². The largest absolute Gasteiger partial charge is 0.481 e. The summed E-state index contributed by atoms with van der Waals surface area (Å²) < 4.78 is 0. The lowest BCUT2D eigenvalue weighted by atomic mass is 10.1. The molecule has 0 radical (unpaired) electrons. The smallest absolute Gasteiger partial charge is 0.319 e. The van der Waals surface area contributed by atoms with Crippen molar-refractivity contribution in [1.82, 2.24) is 5.32 Å². The van der Waals surface area contributed by atoms with Crippen LogP contribution in [-0.2, 0) is 4.79 Å². The Labute approximate surface area is 111 Å². The van der Waals surface area contributed by atoms with Gasteiger partial charge in [-0.2, -0.15) is 5.26 Å². The van der Waals surface area contributed by atoms with Gasteiger partial charge in [0.05, 0.1) is 17.6 Å². The van der Waals surface area contributed by atoms with Crippen molar-refractivity contribution in [3.8, 4) is 6.07 Å². The monoisotopic (exact) mass is 261 g/mol. The number of benzene rings is 1. The molecule has 6 heteroatoms. The summed E-state index contributed by atoms with van der Waals surface area (Å²) in [6.45, 7) is 1.86. The molecule has 0 aromatic heterocycles. The summed E-state index contributed by atoms with van der Waals surface area (Å²) in [6, 6.07) is 8.08. The Morgan fingerprint density at radius 2 is 2.21 bits per heavy atom. The molecule has 0 aliphatic carbocycles. The highest BCUT2D eigenvalue weighted by Crippen LogP contribution is 2.09. The number of anilines is 1. The molecule has 0 spiro atoms. The van der Waals surface area contributed by atoms with Gasteiger partial charge in [0.25, 0.3) is 0 Å². The summed E-state index contributed by atoms with van der Waals surface area (Å²) in [5.74, 6) is -1.38. The van der Waals surface area contributed by atoms with Gasteiger partial charge in [0, 0.05) is 12.2 Å². The lowest BCUT2D eigenvalue weighted by Crippen LogP contribution is -2.31. The number of hydrogen-bond donors (Lipinski definition) is 3. The van der Waals surface area contributed by atoms with Gasteiger partial charge in [0.15, 0.2) is 0 Å². The van der Waals surface area contributed by atoms with E-state index in [0.717, 1.165) is 0 Å². The van der Waals surface area contributed by atoms with Gasteiger partial charge in [-0.25, -0.2) is 4.79 Å². The number of carbonyl (C=O) groups excluding carboxylic acids is 1. The molecule has 100 valence electrons. The number of nitrogens with zero attached hydrogens (tertiary/aromatic N) is 1. The molecule has 0 aliphatic rings. The normalized spacial score (nSPS) is 11.2. The molecule has 1 rings (SSSR count). The van der Waals surface area contributed by atoms with E-state index in [-0.39, 0.29) is 6.54 Å². The van der Waals surface area contributed by atoms with Crippen LogP contribution in [0.1, 0.15) is 18.9 Å². The SMILES string of the molecule is CC(CCNC(=O)Nc1cccc(C#N)c1)C(=O)O. The maximum absolute atomic E-state index is 11.5. The molecular formula is C13H15N3O3. The first kappa shape index (κ1) is 14.5. The van der Waals surface area contributed by atoms with Crippen LogP contribution in [0.3, 0.4) is 0 Å². The number of carboxylic acids is 1. The molecule has 0 saturated carbocycles. The third-order valence-electron chi connectivity index (χ3n) is 2.53. The Kier molecular flexibility index (Phi) is 5.35. The van der Waals surface area contributed by atoms with Gasteiger partial charge in [0.1, 0.15) is 0 Å². The highest BCUT2D eigenvalue weighted by Gasteiger charge is 2.10. The van der Waals surface area contributed by atoms with Gasteiger partial charge in [-0.15, -0.1) is 0 Å². The van der Waals surface area contributed by atoms with Crippen molar-refractivity contribution < 1.29 is 14.7 Å². The van der Waals surface area contributed by atoms with Crippen molar-refractivity contribution >= 4 is 17.7 Å². The maximum Gasteiger partial charge on any atom is 0.319 e. The Morgan fingerprint density at radius 1 is 1.47 bits per heavy atom. The number of carboxylic acid groups (broad SMARTS) is 1. The number of urea groups is 1. The topological polar surface area (TPSA) is 102 Å². The number of hydrogen-bond acceptors (Lipinski definition) is 3. The molecule has 0 saturated heterocycles. The summed E-state index contributed by atoms with van der Waals surface area (Å²) in [6.07, 6.45) is 0.362. The van der Waals surface area contributed by atoms with Gasteiger partial charge in [-0.3, -0.25) is 4.79 Å². The second-order valence-corrected chi connectivity index (χ2v) is 4.10. The highest BCUT2D eigenvalue weighted by atomic mass is 16.4. The van der Waals surface area contributed by atoms with Gasteiger partial charge in [0.2, 0.25) is 0 Å². The van der Waals surface area contributed by atoms with E-state index in [1.54, 1.807) is 31.2 Å². The van der Waals surface area contributed by atoms with Crippen LogP contribution in [0.4, 0.5) is 10.5 Å². The average Bonchev–Trinajstić information content (AvgIpc) is 2.38. The van der Waals surface area contributed by atoms with Crippen molar-refractivity contribution in [2.75, 3.05) is 11.9 Å². The molecule has 1 aromatic carbocycles. The van der Waals surface area contributed by atoms with Crippen LogP contribution in [0.15, 0.2) is 24.3 Å². The van der Waals surface area contributed by atoms with E-state index >= 15 is 0 Å². The van der Waals surface area contributed by atoms with Gasteiger partial charge < -0.3 is 15.7 Å². The van der Waals surface area contributed by atoms with E-state index in [9.17, 15) is 9.59 Å². The van der Waals surface area contributed by atoms with Crippen molar-refractivity contribution in [2.45, 2.75) is 13.3 Å². The van der Waals surface area contributed by atoms with Gasteiger partial charge >= 0.3 is 12.0 Å². The van der Waals surface area contributed by atoms with Crippen LogP contribution < -0.4 is 10.6 Å². The van der Waals surface area contributed by atoms with Gasteiger partial charge in [-0.05, 0) is 24.6 Å². The summed E-state index contributed by atoms with van der Waals surface area (Å²) in [5, 5.41) is 22.5. The van der Waals surface area contributed by atoms with Crippen LogP contribution >= 0.6 is 0 Å². The number of amides is 2. The summed E-state index contributed by atoms with van der Waals surface area (Å²) in [5.41, 5.74) is 0.972. The fourth-order valence-corrected chi connectivity index (χ4v) is 1.37. The van der Waals surface area contributed by atoms with E-state index in [2.05, 4.69) is 10.6 Å². The fraction of sp³-hybridized carbons (Fsp3) is 0.308. The zero-order valence-electron chi connectivity index (χ0n) is 10.5. The van der Waals surface area contributed by atoms with Crippen molar-refractivity contribution in [2.24, 2.45) is 5.92 Å². The lowest BCUT2D eigenvalue weighted by Gasteiger charge is -2.09. The lowest BCUT2D eigenvalue weighted by molar-refractivity contribution is -0.141. The van der Waals surface area contributed by atoms with Crippen molar-refractivity contribution in [3.63, 3.8) is 0 Å². The van der Waals surface area contributed by atoms with Crippen molar-refractivity contribution in [1.29, 1.82) is 5.26 Å². The first-order valence-corrected chi connectivity index (χ1v) is 5.80. The molecule has 3 N–H and O–H groups in total.